The van der Waals surface area contributed by atoms with Crippen LogP contribution < -0.4 is 8.92 Å². The van der Waals surface area contributed by atoms with Gasteiger partial charge in [0.05, 0.1) is 25.2 Å². The standard InChI is InChI=1S/C19H18N2O4S/c1-3-7-15-10-11-18(19(12-15)24-2)25-26(22,23)17-13-20-21(14-17)16-8-5-4-6-9-16/h3-6,8-14H,1,7H2,2H3. The molecule has 6 nitrogen and oxygen atoms in total. The quantitative estimate of drug-likeness (QED) is 0.471. The van der Waals surface area contributed by atoms with Crippen molar-refractivity contribution in [3.63, 3.8) is 0 Å². The number of para-hydroxylation sites is 1. The van der Waals surface area contributed by atoms with Gasteiger partial charge in [0.25, 0.3) is 0 Å². The largest absolute Gasteiger partial charge is 0.493 e. The Morgan fingerprint density at radius 3 is 2.62 bits per heavy atom. The van der Waals surface area contributed by atoms with Crippen LogP contribution in [0, 0.1) is 0 Å². The Morgan fingerprint density at radius 2 is 1.92 bits per heavy atom. The fraction of sp³-hybridized carbons (Fsp3) is 0.105. The van der Waals surface area contributed by atoms with Gasteiger partial charge >= 0.3 is 10.1 Å². The molecular weight excluding hydrogens is 352 g/mol. The van der Waals surface area contributed by atoms with E-state index in [1.165, 1.54) is 24.2 Å². The van der Waals surface area contributed by atoms with Gasteiger partial charge in [0, 0.05) is 0 Å². The van der Waals surface area contributed by atoms with E-state index in [4.69, 9.17) is 8.92 Å². The molecule has 0 unspecified atom stereocenters. The molecule has 3 rings (SSSR count). The summed E-state index contributed by atoms with van der Waals surface area (Å²) in [4.78, 5) is -0.0430. The lowest BCUT2D eigenvalue weighted by molar-refractivity contribution is 0.390. The second kappa shape index (κ2) is 7.45. The first-order valence-corrected chi connectivity index (χ1v) is 9.26. The highest BCUT2D eigenvalue weighted by Crippen LogP contribution is 2.31. The highest BCUT2D eigenvalue weighted by Gasteiger charge is 2.21. The van der Waals surface area contributed by atoms with Crippen LogP contribution in [0.1, 0.15) is 5.56 Å². The number of benzene rings is 2. The van der Waals surface area contributed by atoms with E-state index in [9.17, 15) is 8.42 Å². The molecular formula is C19H18N2O4S. The molecule has 0 aliphatic heterocycles. The van der Waals surface area contributed by atoms with E-state index >= 15 is 0 Å². The van der Waals surface area contributed by atoms with E-state index in [0.29, 0.717) is 12.2 Å². The number of aromatic nitrogens is 2. The Hall–Kier alpha value is -3.06. The summed E-state index contributed by atoms with van der Waals surface area (Å²) in [6, 6.07) is 14.3. The molecule has 0 N–H and O–H groups in total. The Labute approximate surface area is 152 Å². The van der Waals surface area contributed by atoms with E-state index in [0.717, 1.165) is 11.3 Å². The predicted molar refractivity (Wildman–Crippen MR) is 98.3 cm³/mol. The lowest BCUT2D eigenvalue weighted by Gasteiger charge is -2.11. The predicted octanol–water partition coefficient (Wildman–Crippen LogP) is 3.38. The van der Waals surface area contributed by atoms with E-state index < -0.39 is 10.1 Å². The Kier molecular flexibility index (Phi) is 5.09. The molecule has 3 aromatic rings. The van der Waals surface area contributed by atoms with Crippen LogP contribution in [0.2, 0.25) is 0 Å². The molecule has 0 bridgehead atoms. The number of hydrogen-bond donors (Lipinski definition) is 0. The summed E-state index contributed by atoms with van der Waals surface area (Å²) in [6.45, 7) is 3.68. The van der Waals surface area contributed by atoms with Crippen molar-refractivity contribution in [2.45, 2.75) is 11.3 Å². The summed E-state index contributed by atoms with van der Waals surface area (Å²) < 4.78 is 37.1. The first-order chi connectivity index (χ1) is 12.5. The number of methoxy groups -OCH3 is 1. The Bertz CT molecular complexity index is 1010. The molecule has 0 radical (unpaired) electrons. The highest BCUT2D eigenvalue weighted by molar-refractivity contribution is 7.87. The Balaban J connectivity index is 1.88. The zero-order chi connectivity index (χ0) is 18.6. The molecule has 26 heavy (non-hydrogen) atoms. The van der Waals surface area contributed by atoms with E-state index in [-0.39, 0.29) is 10.6 Å². The summed E-state index contributed by atoms with van der Waals surface area (Å²) in [5.74, 6) is 0.455. The molecule has 0 aliphatic rings. The lowest BCUT2D eigenvalue weighted by atomic mass is 10.1. The lowest BCUT2D eigenvalue weighted by Crippen LogP contribution is -2.10. The molecule has 134 valence electrons. The average molecular weight is 370 g/mol. The zero-order valence-corrected chi connectivity index (χ0v) is 15.0. The molecule has 1 aromatic heterocycles. The fourth-order valence-corrected chi connectivity index (χ4v) is 3.27. The van der Waals surface area contributed by atoms with Gasteiger partial charge in [-0.2, -0.15) is 13.5 Å². The molecule has 0 spiro atoms. The molecule has 0 atom stereocenters. The average Bonchev–Trinajstić information content (AvgIpc) is 3.15. The van der Waals surface area contributed by atoms with Crippen LogP contribution in [0.3, 0.4) is 0 Å². The van der Waals surface area contributed by atoms with Crippen molar-refractivity contribution in [2.24, 2.45) is 0 Å². The minimum Gasteiger partial charge on any atom is -0.493 e. The maximum absolute atomic E-state index is 12.6. The molecule has 0 aliphatic carbocycles. The van der Waals surface area contributed by atoms with Gasteiger partial charge < -0.3 is 8.92 Å². The number of hydrogen-bond acceptors (Lipinski definition) is 5. The second-order valence-corrected chi connectivity index (χ2v) is 7.02. The maximum Gasteiger partial charge on any atom is 0.342 e. The Morgan fingerprint density at radius 1 is 1.15 bits per heavy atom. The molecule has 1 heterocycles. The number of allylic oxidation sites excluding steroid dienone is 1. The third kappa shape index (κ3) is 3.78. The molecule has 0 saturated heterocycles. The van der Waals surface area contributed by atoms with Crippen molar-refractivity contribution in [1.29, 1.82) is 0 Å². The second-order valence-electron chi connectivity index (χ2n) is 5.47. The SMILES string of the molecule is C=CCc1ccc(OS(=O)(=O)c2cnn(-c3ccccc3)c2)c(OC)c1. The van der Waals surface area contributed by atoms with Crippen LogP contribution in [0.5, 0.6) is 11.5 Å². The molecule has 2 aromatic carbocycles. The van der Waals surface area contributed by atoms with Gasteiger partial charge in [-0.1, -0.05) is 30.3 Å². The van der Waals surface area contributed by atoms with Crippen LogP contribution in [-0.2, 0) is 16.5 Å². The van der Waals surface area contributed by atoms with Gasteiger partial charge in [-0.15, -0.1) is 6.58 Å². The van der Waals surface area contributed by atoms with Crippen molar-refractivity contribution >= 4 is 10.1 Å². The zero-order valence-electron chi connectivity index (χ0n) is 14.2. The minimum absolute atomic E-state index is 0.0430. The summed E-state index contributed by atoms with van der Waals surface area (Å²) in [6.07, 6.45) is 5.06. The van der Waals surface area contributed by atoms with Gasteiger partial charge in [0.2, 0.25) is 0 Å². The van der Waals surface area contributed by atoms with Gasteiger partial charge in [-0.25, -0.2) is 4.68 Å². The number of rotatable bonds is 7. The summed E-state index contributed by atoms with van der Waals surface area (Å²) >= 11 is 0. The molecule has 0 fully saturated rings. The van der Waals surface area contributed by atoms with Gasteiger partial charge in [-0.3, -0.25) is 0 Å². The third-order valence-electron chi connectivity index (χ3n) is 3.68. The van der Waals surface area contributed by atoms with Crippen molar-refractivity contribution in [3.8, 4) is 17.2 Å². The normalized spacial score (nSPS) is 11.1. The van der Waals surface area contributed by atoms with Crippen LogP contribution in [0.25, 0.3) is 5.69 Å². The first kappa shape index (κ1) is 17.8. The van der Waals surface area contributed by atoms with Crippen molar-refractivity contribution in [2.75, 3.05) is 7.11 Å². The summed E-state index contributed by atoms with van der Waals surface area (Å²) in [5.41, 5.74) is 1.69. The highest BCUT2D eigenvalue weighted by atomic mass is 32.2. The fourth-order valence-electron chi connectivity index (χ4n) is 2.40. The van der Waals surface area contributed by atoms with Crippen molar-refractivity contribution < 1.29 is 17.3 Å². The van der Waals surface area contributed by atoms with Crippen LogP contribution in [0.15, 0.2) is 78.5 Å². The van der Waals surface area contributed by atoms with Crippen LogP contribution in [-0.4, -0.2) is 25.3 Å². The number of ether oxygens (including phenoxy) is 1. The molecule has 0 amide bonds. The molecule has 0 saturated carbocycles. The number of nitrogens with zero attached hydrogens (tertiary/aromatic N) is 2. The van der Waals surface area contributed by atoms with Crippen molar-refractivity contribution in [1.82, 2.24) is 9.78 Å². The smallest absolute Gasteiger partial charge is 0.342 e. The maximum atomic E-state index is 12.6. The van der Waals surface area contributed by atoms with E-state index in [1.807, 2.05) is 30.3 Å². The third-order valence-corrected chi connectivity index (χ3v) is 4.86. The van der Waals surface area contributed by atoms with E-state index in [2.05, 4.69) is 11.7 Å². The topological polar surface area (TPSA) is 70.4 Å². The van der Waals surface area contributed by atoms with Crippen LogP contribution >= 0.6 is 0 Å². The van der Waals surface area contributed by atoms with Gasteiger partial charge in [0.1, 0.15) is 4.90 Å². The molecule has 7 heteroatoms. The first-order valence-electron chi connectivity index (χ1n) is 7.86. The summed E-state index contributed by atoms with van der Waals surface area (Å²) in [7, 11) is -2.58. The van der Waals surface area contributed by atoms with Crippen molar-refractivity contribution in [3.05, 3.63) is 79.1 Å². The van der Waals surface area contributed by atoms with Gasteiger partial charge in [-0.05, 0) is 36.2 Å². The summed E-state index contributed by atoms with van der Waals surface area (Å²) in [5, 5.41) is 4.09. The van der Waals surface area contributed by atoms with E-state index in [1.54, 1.807) is 24.3 Å². The monoisotopic (exact) mass is 370 g/mol. The van der Waals surface area contributed by atoms with Crippen LogP contribution in [0.4, 0.5) is 0 Å². The van der Waals surface area contributed by atoms with Gasteiger partial charge in [0.15, 0.2) is 11.5 Å². The minimum atomic E-state index is -4.04.